The predicted molar refractivity (Wildman–Crippen MR) is 105 cm³/mol. The van der Waals surface area contributed by atoms with Gasteiger partial charge >= 0.3 is 11.9 Å². The smallest absolute Gasteiger partial charge is 0.343 e. The number of hydrogen-bond acceptors (Lipinski definition) is 4. The van der Waals surface area contributed by atoms with Gasteiger partial charge < -0.3 is 14.3 Å². The predicted octanol–water partition coefficient (Wildman–Crippen LogP) is 5.28. The number of carbonyl (C=O) groups is 2. The number of esters is 1. The second-order valence-electron chi connectivity index (χ2n) is 6.06. The molecule has 6 heteroatoms. The van der Waals surface area contributed by atoms with Crippen LogP contribution in [0.5, 0.6) is 0 Å². The number of rotatable bonds is 4. The molecule has 1 N–H and O–H groups in total. The van der Waals surface area contributed by atoms with Crippen molar-refractivity contribution in [3.63, 3.8) is 0 Å². The Morgan fingerprint density at radius 2 is 1.75 bits per heavy atom. The minimum atomic E-state index is -1.04. The molecule has 0 bridgehead atoms. The molecule has 2 aromatic carbocycles. The van der Waals surface area contributed by atoms with Crippen molar-refractivity contribution in [2.45, 2.75) is 0 Å². The Morgan fingerprint density at radius 1 is 1.00 bits per heavy atom. The molecule has 5 nitrogen and oxygen atoms in total. The molecular weight excluding hydrogens is 380 g/mol. The average molecular weight is 393 g/mol. The molecule has 2 heterocycles. The van der Waals surface area contributed by atoms with Gasteiger partial charge in [-0.15, -0.1) is 0 Å². The second-order valence-corrected chi connectivity index (χ2v) is 6.49. The Hall–Kier alpha value is -3.57. The first-order valence-corrected chi connectivity index (χ1v) is 8.73. The zero-order valence-electron chi connectivity index (χ0n) is 14.4. The highest BCUT2D eigenvalue weighted by Gasteiger charge is 2.22. The lowest BCUT2D eigenvalue weighted by molar-refractivity contribution is -0.130. The van der Waals surface area contributed by atoms with Crippen LogP contribution in [0.3, 0.4) is 0 Å². The van der Waals surface area contributed by atoms with Crippen molar-refractivity contribution in [3.05, 3.63) is 94.2 Å². The molecule has 0 aliphatic carbocycles. The molecule has 1 aliphatic rings. The van der Waals surface area contributed by atoms with Crippen LogP contribution in [0.25, 0.3) is 23.2 Å². The normalized spacial score (nSPS) is 14.8. The third kappa shape index (κ3) is 3.48. The zero-order valence-corrected chi connectivity index (χ0v) is 15.1. The van der Waals surface area contributed by atoms with E-state index < -0.39 is 11.9 Å². The van der Waals surface area contributed by atoms with Gasteiger partial charge in [0.15, 0.2) is 0 Å². The number of furan rings is 1. The highest BCUT2D eigenvalue weighted by Crippen LogP contribution is 2.30. The lowest BCUT2D eigenvalue weighted by Crippen LogP contribution is -1.98. The highest BCUT2D eigenvalue weighted by atomic mass is 35.5. The number of aromatic carboxylic acids is 1. The largest absolute Gasteiger partial charge is 0.478 e. The summed E-state index contributed by atoms with van der Waals surface area (Å²) >= 11 is 5.88. The van der Waals surface area contributed by atoms with Gasteiger partial charge in [0.2, 0.25) is 0 Å². The van der Waals surface area contributed by atoms with Crippen LogP contribution in [0.1, 0.15) is 21.7 Å². The summed E-state index contributed by atoms with van der Waals surface area (Å²) in [6.07, 6.45) is 3.18. The van der Waals surface area contributed by atoms with Crippen molar-refractivity contribution in [1.29, 1.82) is 0 Å². The Balaban J connectivity index is 1.65. The molecule has 0 saturated carbocycles. The lowest BCUT2D eigenvalue weighted by atomic mass is 10.1. The second kappa shape index (κ2) is 7.21. The third-order valence-corrected chi connectivity index (χ3v) is 4.45. The van der Waals surface area contributed by atoms with Crippen molar-refractivity contribution >= 4 is 35.4 Å². The number of carboxylic acid groups (broad SMARTS) is 1. The third-order valence-electron chi connectivity index (χ3n) is 4.20. The van der Waals surface area contributed by atoms with Crippen molar-refractivity contribution in [2.75, 3.05) is 0 Å². The molecule has 28 heavy (non-hydrogen) atoms. The van der Waals surface area contributed by atoms with Crippen molar-refractivity contribution < 1.29 is 23.8 Å². The number of hydrogen-bond donors (Lipinski definition) is 1. The highest BCUT2D eigenvalue weighted by molar-refractivity contribution is 6.30. The van der Waals surface area contributed by atoms with Gasteiger partial charge in [-0.1, -0.05) is 29.8 Å². The van der Waals surface area contributed by atoms with Gasteiger partial charge in [0.1, 0.15) is 17.3 Å². The number of carbonyl (C=O) groups excluding carboxylic acids is 1. The van der Waals surface area contributed by atoms with E-state index in [-0.39, 0.29) is 5.56 Å². The maximum absolute atomic E-state index is 12.2. The first kappa shape index (κ1) is 17.8. The van der Waals surface area contributed by atoms with E-state index in [1.165, 1.54) is 6.07 Å². The van der Waals surface area contributed by atoms with Crippen LogP contribution >= 0.6 is 11.6 Å². The summed E-state index contributed by atoms with van der Waals surface area (Å²) < 4.78 is 11.0. The number of ether oxygens (including phenoxy) is 1. The zero-order chi connectivity index (χ0) is 19.7. The summed E-state index contributed by atoms with van der Waals surface area (Å²) in [7, 11) is 0. The fraction of sp³-hybridized carbons (Fsp3) is 0. The molecule has 0 spiro atoms. The van der Waals surface area contributed by atoms with Gasteiger partial charge in [0, 0.05) is 16.1 Å². The van der Waals surface area contributed by atoms with E-state index in [9.17, 15) is 14.7 Å². The molecule has 1 aliphatic heterocycles. The summed E-state index contributed by atoms with van der Waals surface area (Å²) in [5, 5.41) is 9.91. The molecule has 0 saturated heterocycles. The number of benzene rings is 2. The van der Waals surface area contributed by atoms with Crippen LogP contribution in [-0.2, 0) is 9.53 Å². The maximum atomic E-state index is 12.2. The van der Waals surface area contributed by atoms with E-state index in [4.69, 9.17) is 20.8 Å². The Bertz CT molecular complexity index is 1140. The quantitative estimate of drug-likeness (QED) is 0.483. The molecule has 1 aromatic heterocycles. The topological polar surface area (TPSA) is 76.7 Å². The van der Waals surface area contributed by atoms with Crippen molar-refractivity contribution in [2.24, 2.45) is 0 Å². The van der Waals surface area contributed by atoms with Crippen molar-refractivity contribution in [1.82, 2.24) is 0 Å². The van der Waals surface area contributed by atoms with E-state index in [0.29, 0.717) is 33.4 Å². The lowest BCUT2D eigenvalue weighted by Gasteiger charge is -2.02. The minimum absolute atomic E-state index is 0.140. The van der Waals surface area contributed by atoms with Crippen LogP contribution in [0.2, 0.25) is 5.02 Å². The molecule has 0 unspecified atom stereocenters. The van der Waals surface area contributed by atoms with Gasteiger partial charge in [-0.2, -0.15) is 0 Å². The first-order valence-electron chi connectivity index (χ1n) is 8.35. The Labute approximate surface area is 165 Å². The van der Waals surface area contributed by atoms with E-state index in [2.05, 4.69) is 0 Å². The fourth-order valence-electron chi connectivity index (χ4n) is 2.86. The first-order chi connectivity index (χ1) is 13.5. The molecule has 0 radical (unpaired) electrons. The van der Waals surface area contributed by atoms with Gasteiger partial charge in [-0.25, -0.2) is 9.59 Å². The van der Waals surface area contributed by atoms with Crippen LogP contribution in [-0.4, -0.2) is 17.0 Å². The van der Waals surface area contributed by atoms with Crippen LogP contribution < -0.4 is 0 Å². The summed E-state index contributed by atoms with van der Waals surface area (Å²) in [5.41, 5.74) is 1.67. The van der Waals surface area contributed by atoms with Crippen LogP contribution in [0.4, 0.5) is 0 Å². The van der Waals surface area contributed by atoms with Crippen LogP contribution in [0, 0.1) is 0 Å². The molecule has 0 amide bonds. The van der Waals surface area contributed by atoms with Gasteiger partial charge in [-0.05, 0) is 54.6 Å². The standard InChI is InChI=1S/C22H13ClO5/c23-15-7-5-13(6-8-15)20-12-14(22(26)28-20)11-16-9-10-19(27-16)17-3-1-2-4-18(17)21(24)25/h1-12H,(H,24,25)/b14-11-. The molecule has 0 atom stereocenters. The molecule has 0 fully saturated rings. The SMILES string of the molecule is O=C1OC(c2ccc(Cl)cc2)=C/C1=C/c1ccc(-c2ccccc2C(=O)O)o1. The minimum Gasteiger partial charge on any atom is -0.478 e. The molecule has 4 rings (SSSR count). The molecular formula is C22H13ClO5. The molecule has 138 valence electrons. The number of carboxylic acids is 1. The number of cyclic esters (lactones) is 1. The van der Waals surface area contributed by atoms with Gasteiger partial charge in [-0.3, -0.25) is 0 Å². The average Bonchev–Trinajstić information content (AvgIpc) is 3.30. The summed E-state index contributed by atoms with van der Waals surface area (Å²) in [6, 6.07) is 16.8. The van der Waals surface area contributed by atoms with E-state index in [1.807, 2.05) is 0 Å². The summed E-state index contributed by atoms with van der Waals surface area (Å²) in [4.78, 5) is 23.5. The van der Waals surface area contributed by atoms with Gasteiger partial charge in [0.05, 0.1) is 11.1 Å². The van der Waals surface area contributed by atoms with Gasteiger partial charge in [0.25, 0.3) is 0 Å². The number of halogens is 1. The maximum Gasteiger partial charge on any atom is 0.343 e. The molecule has 3 aromatic rings. The van der Waals surface area contributed by atoms with E-state index in [1.54, 1.807) is 66.7 Å². The van der Waals surface area contributed by atoms with E-state index in [0.717, 1.165) is 5.56 Å². The monoisotopic (exact) mass is 392 g/mol. The summed E-state index contributed by atoms with van der Waals surface area (Å²) in [5.74, 6) is -0.291. The Morgan fingerprint density at radius 3 is 2.50 bits per heavy atom. The fourth-order valence-corrected chi connectivity index (χ4v) is 2.98. The van der Waals surface area contributed by atoms with Crippen molar-refractivity contribution in [3.8, 4) is 11.3 Å². The summed E-state index contributed by atoms with van der Waals surface area (Å²) in [6.45, 7) is 0. The van der Waals surface area contributed by atoms with Crippen LogP contribution in [0.15, 0.2) is 76.7 Å². The Kier molecular flexibility index (Phi) is 4.59. The van der Waals surface area contributed by atoms with E-state index >= 15 is 0 Å².